The summed E-state index contributed by atoms with van der Waals surface area (Å²) in [5, 5.41) is 9.09. The Bertz CT molecular complexity index is 793. The van der Waals surface area contributed by atoms with Gasteiger partial charge in [0.25, 0.3) is 0 Å². The van der Waals surface area contributed by atoms with Gasteiger partial charge < -0.3 is 5.73 Å². The summed E-state index contributed by atoms with van der Waals surface area (Å²) in [5.74, 6) is 0. The van der Waals surface area contributed by atoms with Gasteiger partial charge in [-0.1, -0.05) is 17.7 Å². The van der Waals surface area contributed by atoms with Gasteiger partial charge in [0.2, 0.25) is 0 Å². The third-order valence-electron chi connectivity index (χ3n) is 3.79. The lowest BCUT2D eigenvalue weighted by molar-refractivity contribution is 0.731. The molecule has 0 unspecified atom stereocenters. The van der Waals surface area contributed by atoms with Gasteiger partial charge in [0, 0.05) is 18.3 Å². The van der Waals surface area contributed by atoms with Crippen molar-refractivity contribution < 1.29 is 0 Å². The number of rotatable bonds is 2. The van der Waals surface area contributed by atoms with E-state index in [9.17, 15) is 0 Å². The molecule has 0 aliphatic heterocycles. The van der Waals surface area contributed by atoms with E-state index in [0.29, 0.717) is 5.69 Å². The Morgan fingerprint density at radius 2 is 1.67 bits per heavy atom. The lowest BCUT2D eigenvalue weighted by Crippen LogP contribution is -1.96. The summed E-state index contributed by atoms with van der Waals surface area (Å²) < 4.78 is 3.67. The predicted octanol–water partition coefficient (Wildman–Crippen LogP) is 2.78. The zero-order chi connectivity index (χ0) is 15.1. The van der Waals surface area contributed by atoms with Crippen LogP contribution in [-0.2, 0) is 7.05 Å². The first-order valence-corrected chi connectivity index (χ1v) is 6.90. The molecule has 0 spiro atoms. The van der Waals surface area contributed by atoms with Crippen molar-refractivity contribution in [2.45, 2.75) is 20.8 Å². The van der Waals surface area contributed by atoms with Gasteiger partial charge in [0.15, 0.2) is 0 Å². The van der Waals surface area contributed by atoms with Gasteiger partial charge in [-0.15, -0.1) is 0 Å². The molecule has 0 aliphatic carbocycles. The lowest BCUT2D eigenvalue weighted by atomic mass is 10.1. The third kappa shape index (κ3) is 2.20. The molecule has 0 fully saturated rings. The Kier molecular flexibility index (Phi) is 3.05. The molecule has 2 N–H and O–H groups in total. The van der Waals surface area contributed by atoms with Crippen LogP contribution in [0.2, 0.25) is 0 Å². The average Bonchev–Trinajstić information content (AvgIpc) is 2.92. The summed E-state index contributed by atoms with van der Waals surface area (Å²) in [6.07, 6.45) is 1.85. The van der Waals surface area contributed by atoms with E-state index in [1.54, 1.807) is 0 Å². The summed E-state index contributed by atoms with van der Waals surface area (Å²) >= 11 is 0. The van der Waals surface area contributed by atoms with E-state index in [4.69, 9.17) is 5.73 Å². The molecule has 0 amide bonds. The maximum absolute atomic E-state index is 6.17. The Labute approximate surface area is 124 Å². The van der Waals surface area contributed by atoms with E-state index >= 15 is 0 Å². The van der Waals surface area contributed by atoms with E-state index in [1.165, 1.54) is 5.56 Å². The van der Waals surface area contributed by atoms with Gasteiger partial charge in [0.1, 0.15) is 5.69 Å². The molecule has 3 aromatic rings. The number of aromatic nitrogens is 4. The zero-order valence-electron chi connectivity index (χ0n) is 12.8. The molecule has 0 saturated carbocycles. The van der Waals surface area contributed by atoms with E-state index in [-0.39, 0.29) is 0 Å². The van der Waals surface area contributed by atoms with Gasteiger partial charge in [-0.2, -0.15) is 10.2 Å². The van der Waals surface area contributed by atoms with Gasteiger partial charge in [-0.3, -0.25) is 4.68 Å². The smallest absolute Gasteiger partial charge is 0.119 e. The van der Waals surface area contributed by atoms with Crippen LogP contribution in [0.15, 0.2) is 30.5 Å². The van der Waals surface area contributed by atoms with Crippen LogP contribution in [0.25, 0.3) is 16.9 Å². The van der Waals surface area contributed by atoms with Crippen LogP contribution in [-0.4, -0.2) is 19.6 Å². The molecular formula is C16H19N5. The van der Waals surface area contributed by atoms with E-state index in [0.717, 1.165) is 28.3 Å². The molecule has 0 saturated heterocycles. The molecule has 0 aliphatic rings. The fourth-order valence-corrected chi connectivity index (χ4v) is 2.53. The Morgan fingerprint density at radius 1 is 1.00 bits per heavy atom. The molecule has 2 aromatic heterocycles. The number of benzene rings is 1. The van der Waals surface area contributed by atoms with Crippen molar-refractivity contribution in [2.75, 3.05) is 5.73 Å². The van der Waals surface area contributed by atoms with Crippen LogP contribution in [0.3, 0.4) is 0 Å². The maximum Gasteiger partial charge on any atom is 0.119 e. The summed E-state index contributed by atoms with van der Waals surface area (Å²) in [4.78, 5) is 0. The van der Waals surface area contributed by atoms with E-state index < -0.39 is 0 Å². The van der Waals surface area contributed by atoms with E-state index in [1.807, 2.05) is 48.6 Å². The van der Waals surface area contributed by atoms with Crippen LogP contribution >= 0.6 is 0 Å². The molecule has 0 radical (unpaired) electrons. The van der Waals surface area contributed by atoms with Gasteiger partial charge in [0.05, 0.1) is 23.3 Å². The van der Waals surface area contributed by atoms with Gasteiger partial charge in [-0.25, -0.2) is 4.68 Å². The molecular weight excluding hydrogens is 262 g/mol. The third-order valence-corrected chi connectivity index (χ3v) is 3.79. The number of nitrogens with zero attached hydrogens (tertiary/aromatic N) is 4. The number of aryl methyl sites for hydroxylation is 3. The Morgan fingerprint density at radius 3 is 2.24 bits per heavy atom. The molecule has 0 bridgehead atoms. The van der Waals surface area contributed by atoms with Crippen LogP contribution in [0.5, 0.6) is 0 Å². The highest BCUT2D eigenvalue weighted by atomic mass is 15.3. The molecule has 1 aromatic carbocycles. The van der Waals surface area contributed by atoms with Crippen molar-refractivity contribution in [2.24, 2.45) is 7.05 Å². The summed E-state index contributed by atoms with van der Waals surface area (Å²) in [7, 11) is 1.93. The Hall–Kier alpha value is -2.56. The standard InChI is InChI=1S/C16H19N5/c1-10-5-7-13(8-6-10)21-9-14(17)16(19-21)15-11(2)18-20(4)12(15)3/h5-9H,17H2,1-4H3. The topological polar surface area (TPSA) is 61.7 Å². The van der Waals surface area contributed by atoms with Gasteiger partial charge >= 0.3 is 0 Å². The molecule has 3 rings (SSSR count). The Balaban J connectivity index is 2.12. The molecule has 0 atom stereocenters. The second-order valence-electron chi connectivity index (χ2n) is 5.38. The van der Waals surface area contributed by atoms with E-state index in [2.05, 4.69) is 29.3 Å². The fraction of sp³-hybridized carbons (Fsp3) is 0.250. The van der Waals surface area contributed by atoms with Crippen molar-refractivity contribution in [3.8, 4) is 16.9 Å². The predicted molar refractivity (Wildman–Crippen MR) is 84.4 cm³/mol. The first-order valence-electron chi connectivity index (χ1n) is 6.90. The highest BCUT2D eigenvalue weighted by Crippen LogP contribution is 2.30. The fourth-order valence-electron chi connectivity index (χ4n) is 2.53. The minimum atomic E-state index is 0.662. The molecule has 5 heteroatoms. The highest BCUT2D eigenvalue weighted by Gasteiger charge is 2.18. The summed E-state index contributed by atoms with van der Waals surface area (Å²) in [6, 6.07) is 8.20. The van der Waals surface area contributed by atoms with Crippen LogP contribution in [0, 0.1) is 20.8 Å². The van der Waals surface area contributed by atoms with Crippen molar-refractivity contribution in [3.05, 3.63) is 47.4 Å². The number of nitrogen functional groups attached to an aromatic ring is 1. The van der Waals surface area contributed by atoms with Crippen molar-refractivity contribution in [3.63, 3.8) is 0 Å². The monoisotopic (exact) mass is 281 g/mol. The van der Waals surface area contributed by atoms with Crippen molar-refractivity contribution >= 4 is 5.69 Å². The minimum Gasteiger partial charge on any atom is -0.396 e. The maximum atomic E-state index is 6.17. The first kappa shape index (κ1) is 13.4. The normalized spacial score (nSPS) is 11.0. The SMILES string of the molecule is Cc1ccc(-n2cc(N)c(-c3c(C)nn(C)c3C)n2)cc1. The summed E-state index contributed by atoms with van der Waals surface area (Å²) in [5.41, 5.74) is 12.9. The van der Waals surface area contributed by atoms with Gasteiger partial charge in [-0.05, 0) is 32.9 Å². The number of hydrogen-bond acceptors (Lipinski definition) is 3. The molecule has 21 heavy (non-hydrogen) atoms. The van der Waals surface area contributed by atoms with Crippen molar-refractivity contribution in [1.29, 1.82) is 0 Å². The zero-order valence-corrected chi connectivity index (χ0v) is 12.8. The lowest BCUT2D eigenvalue weighted by Gasteiger charge is -2.02. The first-order chi connectivity index (χ1) is 9.97. The van der Waals surface area contributed by atoms with Crippen molar-refractivity contribution in [1.82, 2.24) is 19.6 Å². The second kappa shape index (κ2) is 4.77. The molecule has 108 valence electrons. The largest absolute Gasteiger partial charge is 0.396 e. The number of nitrogens with two attached hydrogens (primary N) is 1. The molecule has 2 heterocycles. The highest BCUT2D eigenvalue weighted by molar-refractivity contribution is 5.76. The minimum absolute atomic E-state index is 0.662. The van der Waals surface area contributed by atoms with Crippen LogP contribution in [0.4, 0.5) is 5.69 Å². The number of anilines is 1. The number of hydrogen-bond donors (Lipinski definition) is 1. The molecule has 5 nitrogen and oxygen atoms in total. The average molecular weight is 281 g/mol. The second-order valence-corrected chi connectivity index (χ2v) is 5.38. The summed E-state index contributed by atoms with van der Waals surface area (Å²) in [6.45, 7) is 6.07. The van der Waals surface area contributed by atoms with Crippen LogP contribution in [0.1, 0.15) is 17.0 Å². The quantitative estimate of drug-likeness (QED) is 0.785. The van der Waals surface area contributed by atoms with Crippen LogP contribution < -0.4 is 5.73 Å².